The third-order valence-electron chi connectivity index (χ3n) is 0.611. The topological polar surface area (TPSA) is 41.1 Å². The van der Waals surface area contributed by atoms with Crippen LogP contribution in [0.4, 0.5) is 0 Å². The van der Waals surface area contributed by atoms with Gasteiger partial charge in [0.25, 0.3) is 0 Å². The van der Waals surface area contributed by atoms with E-state index in [4.69, 9.17) is 0 Å². The van der Waals surface area contributed by atoms with Crippen LogP contribution in [-0.2, 0) is 4.79 Å². The number of rotatable bonds is 3. The Labute approximate surface area is 54.4 Å². The molecule has 8 heavy (non-hydrogen) atoms. The van der Waals surface area contributed by atoms with Crippen LogP contribution >= 0.6 is 12.8 Å². The zero-order valence-electron chi connectivity index (χ0n) is 4.77. The molecule has 0 aromatic heterocycles. The highest BCUT2D eigenvalue weighted by Crippen LogP contribution is 1.61. The van der Waals surface area contributed by atoms with Gasteiger partial charge in [-0.15, -0.1) is 0 Å². The zero-order valence-corrected chi connectivity index (χ0v) is 5.66. The van der Waals surface area contributed by atoms with Crippen molar-refractivity contribution >= 4 is 18.7 Å². The first kappa shape index (κ1) is 7.78. The van der Waals surface area contributed by atoms with Crippen LogP contribution in [0.5, 0.6) is 0 Å². The molecule has 0 aliphatic rings. The number of thiol groups is 1. The Bertz CT molecular complexity index is 76.4. The molecule has 0 bridgehead atoms. The standard InChI is InChI=1S/C4H10N2OS/c1-4(7)5-2-3-6-8/h6,8H,2-3H2,1H3,(H,5,7). The van der Waals surface area contributed by atoms with Crippen LogP contribution in [0.15, 0.2) is 0 Å². The fraction of sp³-hybridized carbons (Fsp3) is 0.750. The first-order valence-electron chi connectivity index (χ1n) is 2.38. The van der Waals surface area contributed by atoms with Crippen molar-refractivity contribution in [2.24, 2.45) is 0 Å². The molecule has 0 fully saturated rings. The van der Waals surface area contributed by atoms with Crippen molar-refractivity contribution in [3.8, 4) is 0 Å². The van der Waals surface area contributed by atoms with Crippen LogP contribution < -0.4 is 10.0 Å². The van der Waals surface area contributed by atoms with Crippen LogP contribution in [0.3, 0.4) is 0 Å². The van der Waals surface area contributed by atoms with Gasteiger partial charge in [-0.25, -0.2) is 0 Å². The molecule has 4 heteroatoms. The van der Waals surface area contributed by atoms with Crippen molar-refractivity contribution in [3.05, 3.63) is 0 Å². The molecule has 0 aromatic rings. The summed E-state index contributed by atoms with van der Waals surface area (Å²) in [5.74, 6) is -0.00594. The van der Waals surface area contributed by atoms with Gasteiger partial charge in [0.1, 0.15) is 0 Å². The molecule has 0 rings (SSSR count). The van der Waals surface area contributed by atoms with Crippen LogP contribution in [0.25, 0.3) is 0 Å². The number of carbonyl (C=O) groups is 1. The third kappa shape index (κ3) is 5.78. The maximum absolute atomic E-state index is 10.2. The molecule has 1 amide bonds. The summed E-state index contributed by atoms with van der Waals surface area (Å²) in [5.41, 5.74) is 0. The molecule has 0 atom stereocenters. The van der Waals surface area contributed by atoms with E-state index in [1.54, 1.807) is 0 Å². The predicted octanol–water partition coefficient (Wildman–Crippen LogP) is -0.443. The second-order valence-corrected chi connectivity index (χ2v) is 1.71. The van der Waals surface area contributed by atoms with E-state index in [1.165, 1.54) is 6.92 Å². The summed E-state index contributed by atoms with van der Waals surface area (Å²) >= 11 is 3.72. The average molecular weight is 134 g/mol. The maximum Gasteiger partial charge on any atom is 0.216 e. The first-order chi connectivity index (χ1) is 3.77. The normalized spacial score (nSPS) is 8.75. The highest BCUT2D eigenvalue weighted by atomic mass is 32.1. The Morgan fingerprint density at radius 1 is 1.62 bits per heavy atom. The van der Waals surface area contributed by atoms with Crippen molar-refractivity contribution in [1.82, 2.24) is 10.0 Å². The highest BCUT2D eigenvalue weighted by molar-refractivity contribution is 7.78. The minimum absolute atomic E-state index is 0.00594. The summed E-state index contributed by atoms with van der Waals surface area (Å²) in [6, 6.07) is 0. The van der Waals surface area contributed by atoms with E-state index in [1.807, 2.05) is 0 Å². The van der Waals surface area contributed by atoms with Gasteiger partial charge in [0.15, 0.2) is 0 Å². The lowest BCUT2D eigenvalue weighted by atomic mass is 10.6. The molecule has 0 aliphatic heterocycles. The van der Waals surface area contributed by atoms with E-state index in [9.17, 15) is 4.79 Å². The van der Waals surface area contributed by atoms with Crippen LogP contribution in [0, 0.1) is 0 Å². The molecule has 3 nitrogen and oxygen atoms in total. The second kappa shape index (κ2) is 4.93. The van der Waals surface area contributed by atoms with Gasteiger partial charge < -0.3 is 5.32 Å². The number of hydrogen-bond acceptors (Lipinski definition) is 3. The van der Waals surface area contributed by atoms with Crippen molar-refractivity contribution < 1.29 is 4.79 Å². The summed E-state index contributed by atoms with van der Waals surface area (Å²) < 4.78 is 2.60. The second-order valence-electron chi connectivity index (χ2n) is 1.39. The van der Waals surface area contributed by atoms with Crippen molar-refractivity contribution in [3.63, 3.8) is 0 Å². The Morgan fingerprint density at radius 3 is 2.62 bits per heavy atom. The van der Waals surface area contributed by atoms with Gasteiger partial charge in [-0.1, -0.05) is 12.8 Å². The molecule has 0 saturated carbocycles. The lowest BCUT2D eigenvalue weighted by Crippen LogP contribution is -2.26. The average Bonchev–Trinajstić information content (AvgIpc) is 1.66. The molecule has 0 saturated heterocycles. The summed E-state index contributed by atoms with van der Waals surface area (Å²) in [6.07, 6.45) is 0. The Morgan fingerprint density at radius 2 is 2.25 bits per heavy atom. The first-order valence-corrected chi connectivity index (χ1v) is 2.83. The minimum Gasteiger partial charge on any atom is -0.355 e. The SMILES string of the molecule is CC(=O)NCCNS. The zero-order chi connectivity index (χ0) is 6.41. The molecule has 48 valence electrons. The quantitative estimate of drug-likeness (QED) is 0.362. The Kier molecular flexibility index (Phi) is 4.79. The predicted molar refractivity (Wildman–Crippen MR) is 35.7 cm³/mol. The summed E-state index contributed by atoms with van der Waals surface area (Å²) in [6.45, 7) is 2.82. The van der Waals surface area contributed by atoms with Gasteiger partial charge in [0.2, 0.25) is 5.91 Å². The molecule has 0 spiro atoms. The van der Waals surface area contributed by atoms with E-state index < -0.39 is 0 Å². The molecule has 0 radical (unpaired) electrons. The van der Waals surface area contributed by atoms with E-state index in [2.05, 4.69) is 22.9 Å². The Balaban J connectivity index is 2.82. The maximum atomic E-state index is 10.2. The van der Waals surface area contributed by atoms with Gasteiger partial charge in [-0.3, -0.25) is 9.52 Å². The van der Waals surface area contributed by atoms with Crippen molar-refractivity contribution in [2.75, 3.05) is 13.1 Å². The van der Waals surface area contributed by atoms with E-state index in [-0.39, 0.29) is 5.91 Å². The molecule has 2 N–H and O–H groups in total. The Hall–Kier alpha value is -0.220. The van der Waals surface area contributed by atoms with E-state index in [0.717, 1.165) is 0 Å². The monoisotopic (exact) mass is 134 g/mol. The minimum atomic E-state index is -0.00594. The molecular formula is C4H10N2OS. The fourth-order valence-corrected chi connectivity index (χ4v) is 0.406. The molecule has 0 aliphatic carbocycles. The highest BCUT2D eigenvalue weighted by Gasteiger charge is 1.85. The van der Waals surface area contributed by atoms with Crippen LogP contribution in [0.2, 0.25) is 0 Å². The molecule has 0 heterocycles. The van der Waals surface area contributed by atoms with E-state index in [0.29, 0.717) is 13.1 Å². The lowest BCUT2D eigenvalue weighted by Gasteiger charge is -1.97. The van der Waals surface area contributed by atoms with Crippen LogP contribution in [-0.4, -0.2) is 19.0 Å². The van der Waals surface area contributed by atoms with Crippen molar-refractivity contribution in [2.45, 2.75) is 6.92 Å². The third-order valence-corrected chi connectivity index (χ3v) is 0.834. The molecular weight excluding hydrogens is 124 g/mol. The number of nitrogens with one attached hydrogen (secondary N) is 2. The molecule has 0 unspecified atom stereocenters. The fourth-order valence-electron chi connectivity index (χ4n) is 0.294. The van der Waals surface area contributed by atoms with Gasteiger partial charge in [-0.05, 0) is 0 Å². The van der Waals surface area contributed by atoms with Gasteiger partial charge in [0.05, 0.1) is 0 Å². The summed E-state index contributed by atoms with van der Waals surface area (Å²) in [5, 5.41) is 2.60. The largest absolute Gasteiger partial charge is 0.355 e. The summed E-state index contributed by atoms with van der Waals surface area (Å²) in [4.78, 5) is 10.2. The number of hydrogen-bond donors (Lipinski definition) is 3. The number of amides is 1. The lowest BCUT2D eigenvalue weighted by molar-refractivity contribution is -0.118. The van der Waals surface area contributed by atoms with Gasteiger partial charge >= 0.3 is 0 Å². The van der Waals surface area contributed by atoms with Crippen LogP contribution in [0.1, 0.15) is 6.92 Å². The van der Waals surface area contributed by atoms with Gasteiger partial charge in [-0.2, -0.15) is 0 Å². The van der Waals surface area contributed by atoms with Crippen molar-refractivity contribution in [1.29, 1.82) is 0 Å². The van der Waals surface area contributed by atoms with Gasteiger partial charge in [0, 0.05) is 20.0 Å². The molecule has 0 aromatic carbocycles. The van der Waals surface area contributed by atoms with E-state index >= 15 is 0 Å². The number of carbonyl (C=O) groups excluding carboxylic acids is 1. The smallest absolute Gasteiger partial charge is 0.216 e. The summed E-state index contributed by atoms with van der Waals surface area (Å²) in [7, 11) is 0.